The molecular formula is C25H28Cl2FN5O3. The molecule has 2 saturated heterocycles. The van der Waals surface area contributed by atoms with Gasteiger partial charge in [0.15, 0.2) is 0 Å². The first-order valence-electron chi connectivity index (χ1n) is 11.6. The van der Waals surface area contributed by atoms with Crippen LogP contribution in [0.2, 0.25) is 10.0 Å². The Morgan fingerprint density at radius 1 is 1.14 bits per heavy atom. The normalized spacial score (nSPS) is 20.7. The predicted octanol–water partition coefficient (Wildman–Crippen LogP) is 3.73. The molecule has 2 fully saturated rings. The van der Waals surface area contributed by atoms with Gasteiger partial charge in [-0.25, -0.2) is 19.2 Å². The van der Waals surface area contributed by atoms with Crippen molar-refractivity contribution in [3.8, 4) is 0 Å². The van der Waals surface area contributed by atoms with Crippen LogP contribution in [0.5, 0.6) is 0 Å². The highest BCUT2D eigenvalue weighted by Gasteiger charge is 2.51. The number of nitrogens with one attached hydrogen (secondary N) is 1. The van der Waals surface area contributed by atoms with Crippen LogP contribution in [0, 0.1) is 11.7 Å². The minimum atomic E-state index is -0.733. The lowest BCUT2D eigenvalue weighted by atomic mass is 9.96. The molecule has 0 saturated carbocycles. The van der Waals surface area contributed by atoms with Gasteiger partial charge in [0.2, 0.25) is 11.8 Å². The summed E-state index contributed by atoms with van der Waals surface area (Å²) in [4.78, 5) is 43.2. The van der Waals surface area contributed by atoms with E-state index in [-0.39, 0.29) is 49.7 Å². The van der Waals surface area contributed by atoms with Gasteiger partial charge in [-0.2, -0.15) is 0 Å². The van der Waals surface area contributed by atoms with Crippen LogP contribution in [-0.2, 0) is 22.7 Å². The summed E-state index contributed by atoms with van der Waals surface area (Å²) in [7, 11) is 1.66. The molecule has 8 nitrogen and oxygen atoms in total. The second-order valence-electron chi connectivity index (χ2n) is 9.37. The molecule has 0 aliphatic carbocycles. The standard InChI is InChI=1S/C25H28Cl2FN5O3/c1-15(2)23-24(35)31(12-17-6-7-18(26)10-20(17)27)13-21-32(23)22(34)14-30(3)33(21)25(36)29-11-16-4-8-19(28)9-5-16/h4-10,15,21,23H,11-14H2,1-3H3,(H,29,36)/t21-,23-/m0/s1. The van der Waals surface area contributed by atoms with Crippen molar-refractivity contribution in [2.24, 2.45) is 5.92 Å². The van der Waals surface area contributed by atoms with Crippen molar-refractivity contribution in [2.45, 2.75) is 39.1 Å². The Morgan fingerprint density at radius 3 is 2.47 bits per heavy atom. The van der Waals surface area contributed by atoms with E-state index in [2.05, 4.69) is 5.32 Å². The third kappa shape index (κ3) is 5.28. The fraction of sp³-hybridized carbons (Fsp3) is 0.400. The second kappa shape index (κ2) is 10.6. The van der Waals surface area contributed by atoms with Crippen molar-refractivity contribution >= 4 is 41.0 Å². The molecule has 2 heterocycles. The van der Waals surface area contributed by atoms with Crippen molar-refractivity contribution in [3.63, 3.8) is 0 Å². The molecule has 0 aromatic heterocycles. The lowest BCUT2D eigenvalue weighted by Crippen LogP contribution is -2.76. The molecule has 2 aromatic rings. The zero-order valence-electron chi connectivity index (χ0n) is 20.2. The van der Waals surface area contributed by atoms with E-state index in [4.69, 9.17) is 23.2 Å². The molecule has 0 unspecified atom stereocenters. The summed E-state index contributed by atoms with van der Waals surface area (Å²) in [6, 6.07) is 9.77. The Labute approximate surface area is 219 Å². The Kier molecular flexibility index (Phi) is 7.73. The summed E-state index contributed by atoms with van der Waals surface area (Å²) in [5.41, 5.74) is 1.45. The van der Waals surface area contributed by atoms with Gasteiger partial charge >= 0.3 is 6.03 Å². The van der Waals surface area contributed by atoms with E-state index in [1.165, 1.54) is 22.0 Å². The average Bonchev–Trinajstić information content (AvgIpc) is 2.81. The predicted molar refractivity (Wildman–Crippen MR) is 134 cm³/mol. The van der Waals surface area contributed by atoms with E-state index in [1.54, 1.807) is 47.3 Å². The molecular weight excluding hydrogens is 508 g/mol. The van der Waals surface area contributed by atoms with E-state index < -0.39 is 18.2 Å². The van der Waals surface area contributed by atoms with Gasteiger partial charge < -0.3 is 15.1 Å². The molecule has 36 heavy (non-hydrogen) atoms. The monoisotopic (exact) mass is 535 g/mol. The topological polar surface area (TPSA) is 76.2 Å². The van der Waals surface area contributed by atoms with Gasteiger partial charge in [0.05, 0.1) is 13.1 Å². The fourth-order valence-electron chi connectivity index (χ4n) is 4.72. The number of hydrogen-bond donors (Lipinski definition) is 1. The number of benzene rings is 2. The van der Waals surface area contributed by atoms with Crippen molar-refractivity contribution in [3.05, 3.63) is 69.5 Å². The summed E-state index contributed by atoms with van der Waals surface area (Å²) in [5, 5.41) is 6.81. The number of hydrogen-bond acceptors (Lipinski definition) is 4. The van der Waals surface area contributed by atoms with E-state index in [0.717, 1.165) is 5.56 Å². The zero-order valence-corrected chi connectivity index (χ0v) is 21.8. The highest BCUT2D eigenvalue weighted by atomic mass is 35.5. The van der Waals surface area contributed by atoms with E-state index in [0.29, 0.717) is 15.6 Å². The number of fused-ring (bicyclic) bond motifs is 1. The highest BCUT2D eigenvalue weighted by molar-refractivity contribution is 6.35. The molecule has 4 amide bonds. The summed E-state index contributed by atoms with van der Waals surface area (Å²) in [5.74, 6) is -0.958. The first-order valence-corrected chi connectivity index (χ1v) is 12.4. The Bertz CT molecular complexity index is 1160. The Hall–Kier alpha value is -2.88. The van der Waals surface area contributed by atoms with Gasteiger partial charge in [-0.15, -0.1) is 0 Å². The van der Waals surface area contributed by atoms with E-state index in [1.807, 2.05) is 13.8 Å². The van der Waals surface area contributed by atoms with Crippen LogP contribution >= 0.6 is 23.2 Å². The van der Waals surface area contributed by atoms with Crippen molar-refractivity contribution in [1.82, 2.24) is 25.1 Å². The Balaban J connectivity index is 1.61. The maximum atomic E-state index is 13.5. The summed E-state index contributed by atoms with van der Waals surface area (Å²) >= 11 is 12.4. The number of carbonyl (C=O) groups is 3. The number of nitrogens with zero attached hydrogens (tertiary/aromatic N) is 4. The third-order valence-electron chi connectivity index (χ3n) is 6.44. The number of hydrazine groups is 1. The van der Waals surface area contributed by atoms with Crippen molar-refractivity contribution in [2.75, 3.05) is 20.1 Å². The maximum absolute atomic E-state index is 13.5. The van der Waals surface area contributed by atoms with Crippen LogP contribution in [0.4, 0.5) is 9.18 Å². The molecule has 0 radical (unpaired) electrons. The summed E-state index contributed by atoms with van der Waals surface area (Å²) in [6.07, 6.45) is -0.708. The molecule has 2 aliphatic heterocycles. The molecule has 0 spiro atoms. The number of amides is 4. The van der Waals surface area contributed by atoms with E-state index >= 15 is 0 Å². The van der Waals surface area contributed by atoms with Gasteiger partial charge in [0, 0.05) is 30.2 Å². The van der Waals surface area contributed by atoms with Crippen molar-refractivity contribution < 1.29 is 18.8 Å². The number of rotatable bonds is 5. The van der Waals surface area contributed by atoms with Crippen molar-refractivity contribution in [1.29, 1.82) is 0 Å². The number of piperazine rings is 1. The SMILES string of the molecule is CC(C)[C@H]1C(=O)N(Cc2ccc(Cl)cc2Cl)C[C@H]2N1C(=O)CN(C)N2C(=O)NCc1ccc(F)cc1. The molecule has 2 aliphatic rings. The largest absolute Gasteiger partial charge is 0.334 e. The lowest BCUT2D eigenvalue weighted by molar-refractivity contribution is -0.190. The van der Waals surface area contributed by atoms with Gasteiger partial charge in [0.1, 0.15) is 18.0 Å². The molecule has 192 valence electrons. The lowest BCUT2D eigenvalue weighted by Gasteiger charge is -2.55. The molecule has 2 atom stereocenters. The van der Waals surface area contributed by atoms with E-state index in [9.17, 15) is 18.8 Å². The van der Waals surface area contributed by atoms with Gasteiger partial charge in [-0.1, -0.05) is 55.2 Å². The molecule has 0 bridgehead atoms. The summed E-state index contributed by atoms with van der Waals surface area (Å²) in [6.45, 7) is 4.22. The van der Waals surface area contributed by atoms with Crippen LogP contribution in [0.1, 0.15) is 25.0 Å². The Morgan fingerprint density at radius 2 is 1.83 bits per heavy atom. The first kappa shape index (κ1) is 26.2. The maximum Gasteiger partial charge on any atom is 0.334 e. The van der Waals surface area contributed by atoms with Crippen LogP contribution < -0.4 is 5.32 Å². The van der Waals surface area contributed by atoms with Crippen LogP contribution in [0.15, 0.2) is 42.5 Å². The number of urea groups is 1. The molecule has 1 N–H and O–H groups in total. The molecule has 2 aromatic carbocycles. The first-order chi connectivity index (χ1) is 17.1. The number of halogens is 3. The summed E-state index contributed by atoms with van der Waals surface area (Å²) < 4.78 is 13.2. The van der Waals surface area contributed by atoms with Crippen LogP contribution in [-0.4, -0.2) is 70.0 Å². The number of likely N-dealkylation sites (N-methyl/N-ethyl adjacent to an activating group) is 1. The minimum absolute atomic E-state index is 0.0417. The molecule has 11 heteroatoms. The van der Waals surface area contributed by atoms with Crippen LogP contribution in [0.3, 0.4) is 0 Å². The van der Waals surface area contributed by atoms with Gasteiger partial charge in [-0.3, -0.25) is 9.59 Å². The van der Waals surface area contributed by atoms with Crippen LogP contribution in [0.25, 0.3) is 0 Å². The fourth-order valence-corrected chi connectivity index (χ4v) is 5.19. The number of carbonyl (C=O) groups excluding carboxylic acids is 3. The average molecular weight is 536 g/mol. The quantitative estimate of drug-likeness (QED) is 0.632. The van der Waals surface area contributed by atoms with Gasteiger partial charge in [-0.05, 0) is 41.3 Å². The zero-order chi connectivity index (χ0) is 26.1. The smallest absolute Gasteiger partial charge is 0.333 e. The minimum Gasteiger partial charge on any atom is -0.333 e. The second-order valence-corrected chi connectivity index (χ2v) is 10.2. The molecule has 4 rings (SSSR count). The third-order valence-corrected chi connectivity index (χ3v) is 7.03. The van der Waals surface area contributed by atoms with Gasteiger partial charge in [0.25, 0.3) is 0 Å². The highest BCUT2D eigenvalue weighted by Crippen LogP contribution is 2.31.